The normalized spacial score (nSPS) is 19.0. The van der Waals surface area contributed by atoms with Gasteiger partial charge in [-0.3, -0.25) is 9.59 Å². The minimum Gasteiger partial charge on any atom is -0.484 e. The molecule has 2 aliphatic heterocycles. The fourth-order valence-corrected chi connectivity index (χ4v) is 2.87. The number of benzene rings is 1. The lowest BCUT2D eigenvalue weighted by Crippen LogP contribution is -2.42. The van der Waals surface area contributed by atoms with Gasteiger partial charge >= 0.3 is 0 Å². The summed E-state index contributed by atoms with van der Waals surface area (Å²) in [6.07, 6.45) is 1.60. The first-order valence-electron chi connectivity index (χ1n) is 9.22. The van der Waals surface area contributed by atoms with Crippen LogP contribution in [0.5, 0.6) is 5.75 Å². The molecule has 28 heavy (non-hydrogen) atoms. The third kappa shape index (κ3) is 6.01. The van der Waals surface area contributed by atoms with E-state index in [0.29, 0.717) is 45.3 Å². The van der Waals surface area contributed by atoms with E-state index in [0.717, 1.165) is 5.56 Å². The molecule has 0 radical (unpaired) electrons. The van der Waals surface area contributed by atoms with E-state index in [1.807, 2.05) is 0 Å². The number of rotatable bonds is 7. The van der Waals surface area contributed by atoms with Crippen molar-refractivity contribution in [3.63, 3.8) is 0 Å². The van der Waals surface area contributed by atoms with E-state index in [9.17, 15) is 9.59 Å². The summed E-state index contributed by atoms with van der Waals surface area (Å²) in [6, 6.07) is 7.07. The number of hydrazone groups is 1. The molecule has 2 heterocycles. The summed E-state index contributed by atoms with van der Waals surface area (Å²) in [5, 5.41) is 3.93. The van der Waals surface area contributed by atoms with Crippen LogP contribution < -0.4 is 10.2 Å². The van der Waals surface area contributed by atoms with Crippen molar-refractivity contribution in [2.45, 2.75) is 19.1 Å². The van der Waals surface area contributed by atoms with Gasteiger partial charge in [-0.25, -0.2) is 5.43 Å². The first-order chi connectivity index (χ1) is 13.5. The second kappa shape index (κ2) is 9.63. The number of morpholine rings is 1. The second-order valence-electron chi connectivity index (χ2n) is 6.65. The highest BCUT2D eigenvalue weighted by Gasteiger charge is 2.33. The third-order valence-corrected chi connectivity index (χ3v) is 4.39. The molecule has 0 aliphatic carbocycles. The van der Waals surface area contributed by atoms with E-state index < -0.39 is 5.79 Å². The van der Waals surface area contributed by atoms with Crippen LogP contribution in [0.1, 0.15) is 18.9 Å². The highest BCUT2D eigenvalue weighted by atomic mass is 16.7. The van der Waals surface area contributed by atoms with Gasteiger partial charge in [0.05, 0.1) is 39.1 Å². The van der Waals surface area contributed by atoms with E-state index in [1.165, 1.54) is 6.21 Å². The third-order valence-electron chi connectivity index (χ3n) is 4.39. The van der Waals surface area contributed by atoms with Crippen molar-refractivity contribution in [3.05, 3.63) is 29.8 Å². The van der Waals surface area contributed by atoms with E-state index in [-0.39, 0.29) is 24.8 Å². The number of ether oxygens (including phenoxy) is 4. The summed E-state index contributed by atoms with van der Waals surface area (Å²) in [5.41, 5.74) is 3.24. The highest BCUT2D eigenvalue weighted by Crippen LogP contribution is 2.22. The molecule has 0 atom stereocenters. The Balaban J connectivity index is 1.40. The largest absolute Gasteiger partial charge is 0.484 e. The Hall–Kier alpha value is -2.49. The monoisotopic (exact) mass is 391 g/mol. The molecule has 9 heteroatoms. The second-order valence-corrected chi connectivity index (χ2v) is 6.65. The van der Waals surface area contributed by atoms with Crippen LogP contribution in [0.25, 0.3) is 0 Å². The molecule has 0 aromatic heterocycles. The van der Waals surface area contributed by atoms with Gasteiger partial charge in [-0.1, -0.05) is 0 Å². The van der Waals surface area contributed by atoms with Gasteiger partial charge in [0.2, 0.25) is 5.91 Å². The molecule has 2 aliphatic rings. The molecule has 152 valence electrons. The van der Waals surface area contributed by atoms with Crippen LogP contribution in [0, 0.1) is 0 Å². The zero-order valence-corrected chi connectivity index (χ0v) is 15.9. The average molecular weight is 391 g/mol. The van der Waals surface area contributed by atoms with Gasteiger partial charge in [0.25, 0.3) is 5.91 Å². The molecule has 2 amide bonds. The van der Waals surface area contributed by atoms with Crippen molar-refractivity contribution in [2.75, 3.05) is 46.1 Å². The number of hydrogen-bond acceptors (Lipinski definition) is 7. The number of carbonyl (C=O) groups excluding carboxylic acids is 2. The van der Waals surface area contributed by atoms with Gasteiger partial charge in [0.15, 0.2) is 12.4 Å². The number of hydrogen-bond donors (Lipinski definition) is 1. The SMILES string of the molecule is CC1(CC(=O)N/N=C\c2ccc(OCC(=O)N3CCOCC3)cc2)OCCO1. The first-order valence-corrected chi connectivity index (χ1v) is 9.22. The number of amides is 2. The maximum absolute atomic E-state index is 12.1. The van der Waals surface area contributed by atoms with Crippen LogP contribution in [0.15, 0.2) is 29.4 Å². The maximum atomic E-state index is 12.1. The smallest absolute Gasteiger partial charge is 0.260 e. The summed E-state index contributed by atoms with van der Waals surface area (Å²) >= 11 is 0. The van der Waals surface area contributed by atoms with Gasteiger partial charge in [0.1, 0.15) is 5.75 Å². The molecule has 3 rings (SSSR count). The van der Waals surface area contributed by atoms with Gasteiger partial charge in [0, 0.05) is 13.1 Å². The molecule has 0 spiro atoms. The fraction of sp³-hybridized carbons (Fsp3) is 0.526. The summed E-state index contributed by atoms with van der Waals surface area (Å²) in [4.78, 5) is 25.7. The Kier molecular flexibility index (Phi) is 6.96. The van der Waals surface area contributed by atoms with Crippen LogP contribution in [-0.4, -0.2) is 74.8 Å². The molecule has 2 fully saturated rings. The first kappa shape index (κ1) is 20.2. The lowest BCUT2D eigenvalue weighted by Gasteiger charge is -2.26. The summed E-state index contributed by atoms with van der Waals surface area (Å²) in [6.45, 7) is 5.02. The topological polar surface area (TPSA) is 98.7 Å². The molecular weight excluding hydrogens is 366 g/mol. The van der Waals surface area contributed by atoms with E-state index in [4.69, 9.17) is 18.9 Å². The van der Waals surface area contributed by atoms with Gasteiger partial charge < -0.3 is 23.8 Å². The minimum atomic E-state index is -0.878. The number of nitrogens with zero attached hydrogens (tertiary/aromatic N) is 2. The van der Waals surface area contributed by atoms with Gasteiger partial charge in [-0.2, -0.15) is 5.10 Å². The molecule has 2 saturated heterocycles. The summed E-state index contributed by atoms with van der Waals surface area (Å²) < 4.78 is 21.5. The van der Waals surface area contributed by atoms with Crippen LogP contribution in [0.3, 0.4) is 0 Å². The minimum absolute atomic E-state index is 0.00754. The lowest BCUT2D eigenvalue weighted by atomic mass is 10.2. The Morgan fingerprint density at radius 3 is 2.54 bits per heavy atom. The Bertz CT molecular complexity index is 694. The molecule has 0 unspecified atom stereocenters. The van der Waals surface area contributed by atoms with E-state index >= 15 is 0 Å². The molecule has 1 N–H and O–H groups in total. The molecule has 0 bridgehead atoms. The lowest BCUT2D eigenvalue weighted by molar-refractivity contribution is -0.159. The standard InChI is InChI=1S/C19H25N3O6/c1-19(27-10-11-28-19)12-17(23)21-20-13-15-2-4-16(5-3-15)26-14-18(24)22-6-8-25-9-7-22/h2-5,13H,6-12,14H2,1H3,(H,21,23)/b20-13-. The molecule has 1 aromatic rings. The zero-order valence-electron chi connectivity index (χ0n) is 15.9. The molecule has 1 aromatic carbocycles. The van der Waals surface area contributed by atoms with Crippen molar-refractivity contribution in [1.29, 1.82) is 0 Å². The van der Waals surface area contributed by atoms with E-state index in [1.54, 1.807) is 36.1 Å². The van der Waals surface area contributed by atoms with E-state index in [2.05, 4.69) is 10.5 Å². The zero-order chi connectivity index (χ0) is 19.8. The number of nitrogens with one attached hydrogen (secondary N) is 1. The molecule has 9 nitrogen and oxygen atoms in total. The van der Waals surface area contributed by atoms with Crippen molar-refractivity contribution < 1.29 is 28.5 Å². The molecule has 0 saturated carbocycles. The van der Waals surface area contributed by atoms with Crippen LogP contribution in [0.4, 0.5) is 0 Å². The summed E-state index contributed by atoms with van der Waals surface area (Å²) in [7, 11) is 0. The highest BCUT2D eigenvalue weighted by molar-refractivity contribution is 5.82. The summed E-state index contributed by atoms with van der Waals surface area (Å²) in [5.74, 6) is -0.633. The Labute approximate surface area is 163 Å². The van der Waals surface area contributed by atoms with Crippen molar-refractivity contribution in [2.24, 2.45) is 5.10 Å². The van der Waals surface area contributed by atoms with Crippen molar-refractivity contribution >= 4 is 18.0 Å². The van der Waals surface area contributed by atoms with Crippen LogP contribution >= 0.6 is 0 Å². The van der Waals surface area contributed by atoms with Gasteiger partial charge in [-0.15, -0.1) is 0 Å². The number of carbonyl (C=O) groups is 2. The van der Waals surface area contributed by atoms with Crippen molar-refractivity contribution in [1.82, 2.24) is 10.3 Å². The van der Waals surface area contributed by atoms with Crippen LogP contribution in [0.2, 0.25) is 0 Å². The quantitative estimate of drug-likeness (QED) is 0.538. The maximum Gasteiger partial charge on any atom is 0.260 e. The van der Waals surface area contributed by atoms with Crippen LogP contribution in [-0.2, 0) is 23.8 Å². The molecular formula is C19H25N3O6. The average Bonchev–Trinajstić information content (AvgIpc) is 3.13. The fourth-order valence-electron chi connectivity index (χ4n) is 2.87. The predicted molar refractivity (Wildman–Crippen MR) is 100.0 cm³/mol. The predicted octanol–water partition coefficient (Wildman–Crippen LogP) is 0.527. The van der Waals surface area contributed by atoms with Gasteiger partial charge in [-0.05, 0) is 36.8 Å². The van der Waals surface area contributed by atoms with Crippen molar-refractivity contribution in [3.8, 4) is 5.75 Å². The Morgan fingerprint density at radius 2 is 1.86 bits per heavy atom. The Morgan fingerprint density at radius 1 is 1.18 bits per heavy atom.